The van der Waals surface area contributed by atoms with Gasteiger partial charge in [-0.25, -0.2) is 9.67 Å². The molecule has 1 fully saturated rings. The molecule has 1 atom stereocenters. The second-order valence-corrected chi connectivity index (χ2v) is 6.27. The lowest BCUT2D eigenvalue weighted by molar-refractivity contribution is -0.144. The highest BCUT2D eigenvalue weighted by atomic mass is 32.1. The van der Waals surface area contributed by atoms with Gasteiger partial charge in [-0.15, -0.1) is 0 Å². The normalized spacial score (nSPS) is 18.9. The molecule has 0 saturated carbocycles. The fourth-order valence-corrected chi connectivity index (χ4v) is 3.81. The summed E-state index contributed by atoms with van der Waals surface area (Å²) in [7, 11) is 1.90. The number of rotatable bonds is 4. The van der Waals surface area contributed by atoms with E-state index in [9.17, 15) is 4.79 Å². The van der Waals surface area contributed by atoms with E-state index in [2.05, 4.69) is 10.00 Å². The Morgan fingerprint density at radius 3 is 3.09 bits per heavy atom. The van der Waals surface area contributed by atoms with Crippen molar-refractivity contribution in [3.8, 4) is 0 Å². The first kappa shape index (κ1) is 15.2. The van der Waals surface area contributed by atoms with Crippen LogP contribution < -0.4 is 4.90 Å². The first-order chi connectivity index (χ1) is 10.6. The Labute approximate surface area is 132 Å². The standard InChI is InChI=1S/C14H20N4O3S/c1-4-21-11(19)7-10-8-20-6-5-18(10)14-15-13-12(22-14)9(2)16-17(13)3/h10H,4-8H2,1-3H3/t10-/m1/s1. The molecule has 7 nitrogen and oxygen atoms in total. The number of esters is 1. The van der Waals surface area contributed by atoms with Gasteiger partial charge in [0.25, 0.3) is 0 Å². The molecule has 3 heterocycles. The van der Waals surface area contributed by atoms with Gasteiger partial charge < -0.3 is 14.4 Å². The van der Waals surface area contributed by atoms with Gasteiger partial charge in [0, 0.05) is 13.6 Å². The summed E-state index contributed by atoms with van der Waals surface area (Å²) >= 11 is 1.62. The highest BCUT2D eigenvalue weighted by Crippen LogP contribution is 2.33. The molecule has 22 heavy (non-hydrogen) atoms. The summed E-state index contributed by atoms with van der Waals surface area (Å²) < 4.78 is 13.5. The second-order valence-electron chi connectivity index (χ2n) is 5.29. The number of nitrogens with zero attached hydrogens (tertiary/aromatic N) is 4. The third-order valence-corrected chi connectivity index (χ3v) is 4.90. The van der Waals surface area contributed by atoms with Crippen LogP contribution in [0.2, 0.25) is 0 Å². The van der Waals surface area contributed by atoms with Crippen molar-refractivity contribution in [2.75, 3.05) is 31.3 Å². The monoisotopic (exact) mass is 324 g/mol. The molecule has 120 valence electrons. The summed E-state index contributed by atoms with van der Waals surface area (Å²) in [5, 5.41) is 5.30. The number of ether oxygens (including phenoxy) is 2. The highest BCUT2D eigenvalue weighted by molar-refractivity contribution is 7.22. The average Bonchev–Trinajstić information content (AvgIpc) is 3.02. The highest BCUT2D eigenvalue weighted by Gasteiger charge is 2.29. The topological polar surface area (TPSA) is 69.5 Å². The number of morpholine rings is 1. The molecule has 0 spiro atoms. The van der Waals surface area contributed by atoms with Crippen LogP contribution in [-0.4, -0.2) is 53.1 Å². The first-order valence-corrected chi connectivity index (χ1v) is 8.22. The van der Waals surface area contributed by atoms with Crippen molar-refractivity contribution in [1.29, 1.82) is 0 Å². The molecule has 0 amide bonds. The molecule has 1 aliphatic heterocycles. The lowest BCUT2D eigenvalue weighted by Crippen LogP contribution is -2.46. The summed E-state index contributed by atoms with van der Waals surface area (Å²) in [5.74, 6) is -0.193. The number of carbonyl (C=O) groups is 1. The third kappa shape index (κ3) is 2.80. The number of hydrogen-bond donors (Lipinski definition) is 0. The minimum absolute atomic E-state index is 0.0263. The van der Waals surface area contributed by atoms with Crippen LogP contribution in [0.25, 0.3) is 10.3 Å². The number of carbonyl (C=O) groups excluding carboxylic acids is 1. The van der Waals surface area contributed by atoms with E-state index in [1.165, 1.54) is 0 Å². The molecule has 0 radical (unpaired) electrons. The molecule has 0 aliphatic carbocycles. The van der Waals surface area contributed by atoms with E-state index in [1.54, 1.807) is 16.0 Å². The van der Waals surface area contributed by atoms with Crippen molar-refractivity contribution >= 4 is 32.8 Å². The van der Waals surface area contributed by atoms with Crippen molar-refractivity contribution in [3.63, 3.8) is 0 Å². The molecule has 2 aromatic heterocycles. The summed E-state index contributed by atoms with van der Waals surface area (Å²) in [5.41, 5.74) is 1.87. The molecular formula is C14H20N4O3S. The minimum atomic E-state index is -0.193. The van der Waals surface area contributed by atoms with E-state index >= 15 is 0 Å². The van der Waals surface area contributed by atoms with Gasteiger partial charge in [0.15, 0.2) is 10.8 Å². The summed E-state index contributed by atoms with van der Waals surface area (Å²) in [6.45, 7) is 6.10. The van der Waals surface area contributed by atoms with Crippen LogP contribution in [0, 0.1) is 6.92 Å². The van der Waals surface area contributed by atoms with E-state index in [0.717, 1.165) is 27.7 Å². The third-order valence-electron chi connectivity index (χ3n) is 3.71. The van der Waals surface area contributed by atoms with Gasteiger partial charge in [-0.3, -0.25) is 4.79 Å². The van der Waals surface area contributed by atoms with Crippen molar-refractivity contribution in [3.05, 3.63) is 5.69 Å². The number of thiazole rings is 1. The van der Waals surface area contributed by atoms with E-state index < -0.39 is 0 Å². The van der Waals surface area contributed by atoms with Crippen LogP contribution in [-0.2, 0) is 21.3 Å². The maximum absolute atomic E-state index is 11.8. The number of aromatic nitrogens is 3. The molecule has 8 heteroatoms. The zero-order valence-corrected chi connectivity index (χ0v) is 13.9. The SMILES string of the molecule is CCOC(=O)C[C@@H]1COCCN1c1nc2c(s1)c(C)nn2C. The first-order valence-electron chi connectivity index (χ1n) is 7.40. The van der Waals surface area contributed by atoms with Crippen LogP contribution in [0.1, 0.15) is 19.0 Å². The van der Waals surface area contributed by atoms with Crippen LogP contribution in [0.3, 0.4) is 0 Å². The summed E-state index contributed by atoms with van der Waals surface area (Å²) in [6, 6.07) is -0.0263. The summed E-state index contributed by atoms with van der Waals surface area (Å²) in [4.78, 5) is 18.6. The van der Waals surface area contributed by atoms with Crippen LogP contribution in [0.15, 0.2) is 0 Å². The zero-order chi connectivity index (χ0) is 15.7. The van der Waals surface area contributed by atoms with E-state index in [4.69, 9.17) is 14.5 Å². The Balaban J connectivity index is 1.85. The Morgan fingerprint density at radius 2 is 2.36 bits per heavy atom. The van der Waals surface area contributed by atoms with E-state index in [1.807, 2.05) is 20.9 Å². The molecule has 0 N–H and O–H groups in total. The Kier molecular flexibility index (Phi) is 4.30. The average molecular weight is 324 g/mol. The number of anilines is 1. The molecule has 1 saturated heterocycles. The van der Waals surface area contributed by atoms with Crippen LogP contribution in [0.4, 0.5) is 5.13 Å². The van der Waals surface area contributed by atoms with Crippen LogP contribution >= 0.6 is 11.3 Å². The van der Waals surface area contributed by atoms with Crippen molar-refractivity contribution < 1.29 is 14.3 Å². The maximum Gasteiger partial charge on any atom is 0.307 e. The Morgan fingerprint density at radius 1 is 1.55 bits per heavy atom. The molecule has 3 rings (SSSR count). The maximum atomic E-state index is 11.8. The Bertz CT molecular complexity index is 646. The quantitative estimate of drug-likeness (QED) is 0.794. The van der Waals surface area contributed by atoms with Gasteiger partial charge in [0.05, 0.1) is 42.7 Å². The van der Waals surface area contributed by atoms with Gasteiger partial charge in [-0.1, -0.05) is 11.3 Å². The molecule has 0 aromatic carbocycles. The minimum Gasteiger partial charge on any atom is -0.466 e. The Hall–Kier alpha value is -1.67. The van der Waals surface area contributed by atoms with Gasteiger partial charge in [0.1, 0.15) is 0 Å². The zero-order valence-electron chi connectivity index (χ0n) is 13.0. The molecule has 2 aromatic rings. The smallest absolute Gasteiger partial charge is 0.307 e. The largest absolute Gasteiger partial charge is 0.466 e. The predicted molar refractivity (Wildman–Crippen MR) is 84.3 cm³/mol. The van der Waals surface area contributed by atoms with E-state index in [-0.39, 0.29) is 12.0 Å². The lowest BCUT2D eigenvalue weighted by Gasteiger charge is -2.34. The molecule has 0 bridgehead atoms. The van der Waals surface area contributed by atoms with Crippen molar-refractivity contribution in [2.24, 2.45) is 7.05 Å². The lowest BCUT2D eigenvalue weighted by atomic mass is 10.2. The number of fused-ring (bicyclic) bond motifs is 1. The van der Waals surface area contributed by atoms with Crippen LogP contribution in [0.5, 0.6) is 0 Å². The van der Waals surface area contributed by atoms with Gasteiger partial charge >= 0.3 is 5.97 Å². The van der Waals surface area contributed by atoms with E-state index in [0.29, 0.717) is 26.2 Å². The van der Waals surface area contributed by atoms with Crippen molar-refractivity contribution in [2.45, 2.75) is 26.3 Å². The number of hydrogen-bond acceptors (Lipinski definition) is 7. The molecule has 0 unspecified atom stereocenters. The number of aryl methyl sites for hydroxylation is 2. The predicted octanol–water partition coefficient (Wildman–Crippen LogP) is 1.50. The van der Waals surface area contributed by atoms with Gasteiger partial charge in [-0.05, 0) is 13.8 Å². The second kappa shape index (κ2) is 6.21. The fraction of sp³-hybridized carbons (Fsp3) is 0.643. The van der Waals surface area contributed by atoms with Gasteiger partial charge in [-0.2, -0.15) is 5.10 Å². The summed E-state index contributed by atoms with van der Waals surface area (Å²) in [6.07, 6.45) is 0.320. The fourth-order valence-electron chi connectivity index (χ4n) is 2.68. The molecule has 1 aliphatic rings. The molecular weight excluding hydrogens is 304 g/mol. The van der Waals surface area contributed by atoms with Gasteiger partial charge in [0.2, 0.25) is 0 Å². The van der Waals surface area contributed by atoms with Crippen molar-refractivity contribution in [1.82, 2.24) is 14.8 Å².